The summed E-state index contributed by atoms with van der Waals surface area (Å²) >= 11 is 0. The highest BCUT2D eigenvalue weighted by Gasteiger charge is 2.31. The number of hydrogen-bond acceptors (Lipinski definition) is 6. The van der Waals surface area contributed by atoms with E-state index in [1.807, 2.05) is 0 Å². The van der Waals surface area contributed by atoms with Crippen LogP contribution in [0.1, 0.15) is 44.7 Å². The van der Waals surface area contributed by atoms with Crippen molar-refractivity contribution in [1.82, 2.24) is 19.3 Å². The lowest BCUT2D eigenvalue weighted by Crippen LogP contribution is -2.16. The van der Waals surface area contributed by atoms with Crippen molar-refractivity contribution in [3.63, 3.8) is 0 Å². The van der Waals surface area contributed by atoms with Gasteiger partial charge in [-0.2, -0.15) is 5.10 Å². The van der Waals surface area contributed by atoms with Crippen LogP contribution in [0.3, 0.4) is 0 Å². The highest BCUT2D eigenvalue weighted by molar-refractivity contribution is 7.91. The Morgan fingerprint density at radius 1 is 1.20 bits per heavy atom. The summed E-state index contributed by atoms with van der Waals surface area (Å²) < 4.78 is 26.7. The molecular formula is C20H21N5O4S. The number of amides is 1. The van der Waals surface area contributed by atoms with Crippen LogP contribution in [0.4, 0.5) is 5.69 Å². The molecule has 1 saturated heterocycles. The number of carbonyl (C=O) groups excluding carboxylic acids is 2. The summed E-state index contributed by atoms with van der Waals surface area (Å²) in [5, 5.41) is 7.03. The fraction of sp³-hybridized carbons (Fsp3) is 0.300. The first kappa shape index (κ1) is 20.0. The Morgan fingerprint density at radius 3 is 2.53 bits per heavy atom. The molecule has 0 unspecified atom stereocenters. The predicted octanol–water partition coefficient (Wildman–Crippen LogP) is 1.77. The van der Waals surface area contributed by atoms with Gasteiger partial charge in [0.2, 0.25) is 5.78 Å². The van der Waals surface area contributed by atoms with Gasteiger partial charge in [-0.3, -0.25) is 14.3 Å². The molecule has 1 aromatic carbocycles. The smallest absolute Gasteiger partial charge is 0.259 e. The number of ketones is 1. The second-order valence-electron chi connectivity index (χ2n) is 7.37. The highest BCUT2D eigenvalue weighted by atomic mass is 32.2. The molecule has 1 fully saturated rings. The number of anilines is 1. The Bertz CT molecular complexity index is 1220. The van der Waals surface area contributed by atoms with Crippen molar-refractivity contribution in [2.24, 2.45) is 7.05 Å². The van der Waals surface area contributed by atoms with Gasteiger partial charge in [0, 0.05) is 36.4 Å². The van der Waals surface area contributed by atoms with Crippen molar-refractivity contribution in [3.8, 4) is 0 Å². The first-order chi connectivity index (χ1) is 14.2. The quantitative estimate of drug-likeness (QED) is 0.621. The van der Waals surface area contributed by atoms with Gasteiger partial charge in [-0.1, -0.05) is 0 Å². The van der Waals surface area contributed by atoms with Gasteiger partial charge in [-0.05, 0) is 37.6 Å². The molecule has 2 aromatic heterocycles. The number of aromatic nitrogens is 4. The second-order valence-corrected chi connectivity index (χ2v) is 9.60. The van der Waals surface area contributed by atoms with E-state index in [1.165, 1.54) is 6.20 Å². The molecule has 0 radical (unpaired) electrons. The number of nitrogens with zero attached hydrogens (tertiary/aromatic N) is 4. The predicted molar refractivity (Wildman–Crippen MR) is 110 cm³/mol. The van der Waals surface area contributed by atoms with E-state index < -0.39 is 9.84 Å². The minimum absolute atomic E-state index is 0.0437. The number of carbonyl (C=O) groups is 2. The SMILES string of the molecule is Cc1c(C(=O)Nc2ccc(C(=O)c3nccn3C)cc2)cnn1[C@@H]1CCS(=O)(=O)C1. The molecule has 1 aliphatic heterocycles. The molecule has 9 nitrogen and oxygen atoms in total. The van der Waals surface area contributed by atoms with E-state index in [9.17, 15) is 18.0 Å². The number of hydrogen-bond donors (Lipinski definition) is 1. The molecular weight excluding hydrogens is 406 g/mol. The fourth-order valence-corrected chi connectivity index (χ4v) is 5.29. The summed E-state index contributed by atoms with van der Waals surface area (Å²) in [6.45, 7) is 1.75. The second kappa shape index (κ2) is 7.52. The molecule has 30 heavy (non-hydrogen) atoms. The average Bonchev–Trinajstić information content (AvgIpc) is 3.40. The van der Waals surface area contributed by atoms with Gasteiger partial charge in [0.25, 0.3) is 5.91 Å². The van der Waals surface area contributed by atoms with E-state index in [4.69, 9.17) is 0 Å². The van der Waals surface area contributed by atoms with Crippen molar-refractivity contribution >= 4 is 27.2 Å². The number of aryl methyl sites for hydroxylation is 1. The van der Waals surface area contributed by atoms with Crippen LogP contribution in [0.15, 0.2) is 42.9 Å². The Labute approximate surface area is 173 Å². The van der Waals surface area contributed by atoms with E-state index >= 15 is 0 Å². The number of sulfone groups is 1. The van der Waals surface area contributed by atoms with Gasteiger partial charge in [-0.25, -0.2) is 13.4 Å². The van der Waals surface area contributed by atoms with Crippen molar-refractivity contribution in [1.29, 1.82) is 0 Å². The molecule has 0 bridgehead atoms. The van der Waals surface area contributed by atoms with E-state index in [0.717, 1.165) is 0 Å². The summed E-state index contributed by atoms with van der Waals surface area (Å²) in [4.78, 5) is 29.2. The molecule has 0 spiro atoms. The minimum atomic E-state index is -3.05. The summed E-state index contributed by atoms with van der Waals surface area (Å²) in [6.07, 6.45) is 5.21. The molecule has 3 heterocycles. The molecule has 3 aromatic rings. The first-order valence-corrected chi connectivity index (χ1v) is 11.3. The third-order valence-electron chi connectivity index (χ3n) is 5.27. The normalized spacial score (nSPS) is 17.7. The lowest BCUT2D eigenvalue weighted by molar-refractivity contribution is 0.101. The van der Waals surface area contributed by atoms with Gasteiger partial charge in [0.1, 0.15) is 0 Å². The van der Waals surface area contributed by atoms with E-state index in [1.54, 1.807) is 59.9 Å². The molecule has 0 aliphatic carbocycles. The monoisotopic (exact) mass is 427 g/mol. The third-order valence-corrected chi connectivity index (χ3v) is 7.02. The standard InChI is InChI=1S/C20H21N5O4S/c1-13-17(11-22-25(13)16-7-10-30(28,29)12-16)20(27)23-15-5-3-14(4-6-15)18(26)19-21-8-9-24(19)2/h3-6,8-9,11,16H,7,10,12H2,1-2H3,(H,23,27)/t16-/m1/s1. The lowest BCUT2D eigenvalue weighted by atomic mass is 10.1. The maximum Gasteiger partial charge on any atom is 0.259 e. The van der Waals surface area contributed by atoms with Crippen molar-refractivity contribution in [2.45, 2.75) is 19.4 Å². The Hall–Kier alpha value is -3.27. The largest absolute Gasteiger partial charge is 0.331 e. The van der Waals surface area contributed by atoms with Crippen LogP contribution in [-0.4, -0.2) is 50.9 Å². The Morgan fingerprint density at radius 2 is 1.93 bits per heavy atom. The topological polar surface area (TPSA) is 116 Å². The van der Waals surface area contributed by atoms with E-state index in [2.05, 4.69) is 15.4 Å². The number of rotatable bonds is 5. The lowest BCUT2D eigenvalue weighted by Gasteiger charge is -2.11. The number of benzene rings is 1. The molecule has 1 aliphatic rings. The van der Waals surface area contributed by atoms with E-state index in [-0.39, 0.29) is 29.2 Å². The first-order valence-electron chi connectivity index (χ1n) is 9.43. The van der Waals surface area contributed by atoms with Crippen LogP contribution >= 0.6 is 0 Å². The molecule has 1 atom stereocenters. The van der Waals surface area contributed by atoms with Gasteiger partial charge in [0.15, 0.2) is 15.7 Å². The van der Waals surface area contributed by atoms with Crippen LogP contribution in [-0.2, 0) is 16.9 Å². The molecule has 156 valence electrons. The highest BCUT2D eigenvalue weighted by Crippen LogP contribution is 2.25. The van der Waals surface area contributed by atoms with Crippen LogP contribution < -0.4 is 5.32 Å². The molecule has 0 saturated carbocycles. The fourth-order valence-electron chi connectivity index (χ4n) is 3.60. The van der Waals surface area contributed by atoms with Crippen molar-refractivity contribution in [3.05, 3.63) is 65.5 Å². The van der Waals surface area contributed by atoms with Gasteiger partial charge in [-0.15, -0.1) is 0 Å². The van der Waals surface area contributed by atoms with Crippen molar-refractivity contribution < 1.29 is 18.0 Å². The number of imidazole rings is 1. The molecule has 1 N–H and O–H groups in total. The van der Waals surface area contributed by atoms with Gasteiger partial charge < -0.3 is 9.88 Å². The third kappa shape index (κ3) is 3.78. The van der Waals surface area contributed by atoms with Crippen molar-refractivity contribution in [2.75, 3.05) is 16.8 Å². The van der Waals surface area contributed by atoms with E-state index in [0.29, 0.717) is 34.8 Å². The van der Waals surface area contributed by atoms with Crippen LogP contribution in [0.25, 0.3) is 0 Å². The summed E-state index contributed by atoms with van der Waals surface area (Å²) in [6, 6.07) is 6.32. The molecule has 10 heteroatoms. The Kier molecular flexibility index (Phi) is 5.02. The van der Waals surface area contributed by atoms with Gasteiger partial charge in [0.05, 0.1) is 29.3 Å². The zero-order valence-electron chi connectivity index (χ0n) is 16.6. The average molecular weight is 427 g/mol. The van der Waals surface area contributed by atoms with Crippen LogP contribution in [0.5, 0.6) is 0 Å². The summed E-state index contributed by atoms with van der Waals surface area (Å²) in [7, 11) is -1.30. The maximum absolute atomic E-state index is 12.7. The number of nitrogens with one attached hydrogen (secondary N) is 1. The minimum Gasteiger partial charge on any atom is -0.331 e. The maximum atomic E-state index is 12.7. The van der Waals surface area contributed by atoms with Crippen LogP contribution in [0, 0.1) is 6.92 Å². The summed E-state index contributed by atoms with van der Waals surface area (Å²) in [5.74, 6) is -0.0280. The molecule has 1 amide bonds. The van der Waals surface area contributed by atoms with Crippen LogP contribution in [0.2, 0.25) is 0 Å². The molecule has 4 rings (SSSR count). The Balaban J connectivity index is 1.47. The zero-order valence-corrected chi connectivity index (χ0v) is 17.4. The zero-order chi connectivity index (χ0) is 21.5. The summed E-state index contributed by atoms with van der Waals surface area (Å²) in [5.41, 5.74) is 2.00. The van der Waals surface area contributed by atoms with Gasteiger partial charge >= 0.3 is 0 Å².